The second kappa shape index (κ2) is 8.33. The molecule has 5 nitrogen and oxygen atoms in total. The Morgan fingerprint density at radius 2 is 1.76 bits per heavy atom. The molecule has 0 aromatic heterocycles. The Kier molecular flexibility index (Phi) is 6.17. The number of nitrogens with one attached hydrogen (secondary N) is 1. The largest absolute Gasteiger partial charge is 0.481 e. The van der Waals surface area contributed by atoms with Crippen molar-refractivity contribution in [3.8, 4) is 5.75 Å². The van der Waals surface area contributed by atoms with Gasteiger partial charge in [-0.15, -0.1) is 0 Å². The number of hydrogen-bond donors (Lipinski definition) is 2. The van der Waals surface area contributed by atoms with Crippen LogP contribution in [0.15, 0.2) is 36.4 Å². The van der Waals surface area contributed by atoms with Gasteiger partial charge in [0.1, 0.15) is 5.75 Å². The quantitative estimate of drug-likeness (QED) is 0.812. The minimum absolute atomic E-state index is 0.149. The van der Waals surface area contributed by atoms with E-state index in [-0.39, 0.29) is 5.91 Å². The van der Waals surface area contributed by atoms with E-state index < -0.39 is 12.6 Å². The summed E-state index contributed by atoms with van der Waals surface area (Å²) in [7, 11) is 0. The first-order valence-electron chi connectivity index (χ1n) is 8.16. The molecule has 0 atom stereocenters. The van der Waals surface area contributed by atoms with Crippen LogP contribution in [0.3, 0.4) is 0 Å². The van der Waals surface area contributed by atoms with E-state index in [4.69, 9.17) is 9.84 Å². The molecule has 2 N–H and O–H groups in total. The number of aryl methyl sites for hydroxylation is 3. The highest BCUT2D eigenvalue weighted by molar-refractivity contribution is 5.94. The normalized spacial score (nSPS) is 10.4. The number of carbonyl (C=O) groups is 2. The maximum atomic E-state index is 12.3. The zero-order valence-corrected chi connectivity index (χ0v) is 14.8. The average molecular weight is 341 g/mol. The van der Waals surface area contributed by atoms with Gasteiger partial charge in [-0.3, -0.25) is 4.79 Å². The Morgan fingerprint density at radius 1 is 1.08 bits per heavy atom. The van der Waals surface area contributed by atoms with Crippen molar-refractivity contribution < 1.29 is 19.4 Å². The van der Waals surface area contributed by atoms with E-state index in [1.54, 1.807) is 26.0 Å². The lowest BCUT2D eigenvalue weighted by molar-refractivity contribution is -0.139. The van der Waals surface area contributed by atoms with Crippen molar-refractivity contribution in [2.24, 2.45) is 0 Å². The van der Waals surface area contributed by atoms with Crippen molar-refractivity contribution in [2.45, 2.75) is 27.2 Å². The SMILES string of the molecule is Cc1cccc(CCNC(=O)c2cc(C)c(OCC(=O)O)c(C)c2)c1. The second-order valence-electron chi connectivity index (χ2n) is 6.12. The van der Waals surface area contributed by atoms with Crippen LogP contribution < -0.4 is 10.1 Å². The number of carboxylic acid groups (broad SMARTS) is 1. The number of carbonyl (C=O) groups excluding carboxylic acids is 1. The molecule has 5 heteroatoms. The molecular weight excluding hydrogens is 318 g/mol. The molecule has 2 rings (SSSR count). The van der Waals surface area contributed by atoms with Gasteiger partial charge in [0.05, 0.1) is 0 Å². The molecule has 0 spiro atoms. The lowest BCUT2D eigenvalue weighted by Gasteiger charge is -2.13. The Bertz CT molecular complexity index is 760. The molecule has 1 amide bonds. The predicted octanol–water partition coefficient (Wildman–Crippen LogP) is 3.05. The summed E-state index contributed by atoms with van der Waals surface area (Å²) >= 11 is 0. The van der Waals surface area contributed by atoms with Gasteiger partial charge >= 0.3 is 5.97 Å². The number of rotatable bonds is 7. The van der Waals surface area contributed by atoms with Gasteiger partial charge in [-0.05, 0) is 56.0 Å². The molecule has 25 heavy (non-hydrogen) atoms. The first-order valence-corrected chi connectivity index (χ1v) is 8.16. The van der Waals surface area contributed by atoms with E-state index in [2.05, 4.69) is 11.4 Å². The molecular formula is C20H23NO4. The third-order valence-electron chi connectivity index (χ3n) is 3.84. The zero-order valence-electron chi connectivity index (χ0n) is 14.8. The second-order valence-corrected chi connectivity index (χ2v) is 6.12. The third kappa shape index (κ3) is 5.35. The van der Waals surface area contributed by atoms with Crippen LogP contribution in [-0.4, -0.2) is 30.1 Å². The molecule has 2 aromatic carbocycles. The Balaban J connectivity index is 1.98. The van der Waals surface area contributed by atoms with E-state index >= 15 is 0 Å². The summed E-state index contributed by atoms with van der Waals surface area (Å²) in [6.45, 7) is 5.80. The molecule has 132 valence electrons. The summed E-state index contributed by atoms with van der Waals surface area (Å²) in [5.41, 5.74) is 4.41. The number of aliphatic carboxylic acids is 1. The smallest absolute Gasteiger partial charge is 0.341 e. The van der Waals surface area contributed by atoms with Crippen molar-refractivity contribution in [2.75, 3.05) is 13.2 Å². The summed E-state index contributed by atoms with van der Waals surface area (Å²) in [6.07, 6.45) is 0.769. The van der Waals surface area contributed by atoms with Crippen molar-refractivity contribution in [3.63, 3.8) is 0 Å². The molecule has 0 unspecified atom stereocenters. The van der Waals surface area contributed by atoms with Crippen LogP contribution in [0, 0.1) is 20.8 Å². The molecule has 0 heterocycles. The number of carboxylic acids is 1. The highest BCUT2D eigenvalue weighted by atomic mass is 16.5. The first-order chi connectivity index (χ1) is 11.9. The van der Waals surface area contributed by atoms with Crippen LogP contribution in [0.2, 0.25) is 0 Å². The van der Waals surface area contributed by atoms with Gasteiger partial charge in [0.2, 0.25) is 0 Å². The number of amides is 1. The summed E-state index contributed by atoms with van der Waals surface area (Å²) in [4.78, 5) is 23.0. The molecule has 0 saturated carbocycles. The van der Waals surface area contributed by atoms with E-state index in [0.717, 1.165) is 17.5 Å². The van der Waals surface area contributed by atoms with Crippen LogP contribution in [-0.2, 0) is 11.2 Å². The molecule has 0 radical (unpaired) electrons. The highest BCUT2D eigenvalue weighted by Gasteiger charge is 2.12. The van der Waals surface area contributed by atoms with Crippen LogP contribution in [0.25, 0.3) is 0 Å². The van der Waals surface area contributed by atoms with E-state index in [1.165, 1.54) is 11.1 Å². The summed E-state index contributed by atoms with van der Waals surface area (Å²) in [5, 5.41) is 11.6. The maximum Gasteiger partial charge on any atom is 0.341 e. The molecule has 0 aliphatic rings. The van der Waals surface area contributed by atoms with Gasteiger partial charge < -0.3 is 15.2 Å². The molecule has 0 aliphatic carbocycles. The molecule has 0 fully saturated rings. The zero-order chi connectivity index (χ0) is 18.4. The van der Waals surface area contributed by atoms with Crippen molar-refractivity contribution in [1.29, 1.82) is 0 Å². The fourth-order valence-corrected chi connectivity index (χ4v) is 2.73. The lowest BCUT2D eigenvalue weighted by atomic mass is 10.0. The Hall–Kier alpha value is -2.82. The molecule has 2 aromatic rings. The van der Waals surface area contributed by atoms with Gasteiger partial charge in [0.25, 0.3) is 5.91 Å². The van der Waals surface area contributed by atoms with E-state index in [1.807, 2.05) is 25.1 Å². The standard InChI is InChI=1S/C20H23NO4/c1-13-5-4-6-16(9-13)7-8-21-20(24)17-10-14(2)19(15(3)11-17)25-12-18(22)23/h4-6,9-11H,7-8,12H2,1-3H3,(H,21,24)(H,22,23). The number of hydrogen-bond acceptors (Lipinski definition) is 3. The van der Waals surface area contributed by atoms with E-state index in [9.17, 15) is 9.59 Å². The summed E-state index contributed by atoms with van der Waals surface area (Å²) in [5.74, 6) is -0.667. The predicted molar refractivity (Wildman–Crippen MR) is 96.3 cm³/mol. The summed E-state index contributed by atoms with van der Waals surface area (Å²) in [6, 6.07) is 11.6. The van der Waals surface area contributed by atoms with Gasteiger partial charge in [0.15, 0.2) is 6.61 Å². The monoisotopic (exact) mass is 341 g/mol. The Labute approximate surface area is 147 Å². The van der Waals surface area contributed by atoms with Gasteiger partial charge in [-0.1, -0.05) is 29.8 Å². The van der Waals surface area contributed by atoms with E-state index in [0.29, 0.717) is 17.9 Å². The fourth-order valence-electron chi connectivity index (χ4n) is 2.73. The lowest BCUT2D eigenvalue weighted by Crippen LogP contribution is -2.26. The highest BCUT2D eigenvalue weighted by Crippen LogP contribution is 2.24. The van der Waals surface area contributed by atoms with Gasteiger partial charge in [-0.2, -0.15) is 0 Å². The number of ether oxygens (including phenoxy) is 1. The molecule has 0 bridgehead atoms. The Morgan fingerprint density at radius 3 is 2.36 bits per heavy atom. The van der Waals surface area contributed by atoms with Gasteiger partial charge in [-0.25, -0.2) is 4.79 Å². The first kappa shape index (κ1) is 18.5. The van der Waals surface area contributed by atoms with Crippen LogP contribution in [0.1, 0.15) is 32.6 Å². The van der Waals surface area contributed by atoms with Crippen LogP contribution in [0.4, 0.5) is 0 Å². The van der Waals surface area contributed by atoms with Crippen molar-refractivity contribution in [1.82, 2.24) is 5.32 Å². The van der Waals surface area contributed by atoms with Crippen molar-refractivity contribution in [3.05, 3.63) is 64.2 Å². The minimum atomic E-state index is -1.03. The maximum absolute atomic E-state index is 12.3. The fraction of sp³-hybridized carbons (Fsp3) is 0.300. The van der Waals surface area contributed by atoms with Gasteiger partial charge in [0, 0.05) is 12.1 Å². The average Bonchev–Trinajstić information content (AvgIpc) is 2.53. The number of benzene rings is 2. The summed E-state index contributed by atoms with van der Waals surface area (Å²) < 4.78 is 5.28. The third-order valence-corrected chi connectivity index (χ3v) is 3.84. The molecule has 0 aliphatic heterocycles. The van der Waals surface area contributed by atoms with Crippen LogP contribution >= 0.6 is 0 Å². The molecule has 0 saturated heterocycles. The topological polar surface area (TPSA) is 75.6 Å². The van der Waals surface area contributed by atoms with Crippen molar-refractivity contribution >= 4 is 11.9 Å². The van der Waals surface area contributed by atoms with Crippen LogP contribution in [0.5, 0.6) is 5.75 Å². The minimum Gasteiger partial charge on any atom is -0.481 e.